The van der Waals surface area contributed by atoms with Crippen LogP contribution in [-0.2, 0) is 16.6 Å². The van der Waals surface area contributed by atoms with Gasteiger partial charge in [0.1, 0.15) is 5.75 Å². The Hall–Kier alpha value is -2.79. The highest BCUT2D eigenvalue weighted by atomic mass is 32.2. The summed E-state index contributed by atoms with van der Waals surface area (Å²) >= 11 is 0. The first-order chi connectivity index (χ1) is 14.5. The maximum absolute atomic E-state index is 12.8. The molecule has 0 bridgehead atoms. The van der Waals surface area contributed by atoms with Crippen LogP contribution >= 0.6 is 0 Å². The first-order valence-electron chi connectivity index (χ1n) is 9.43. The summed E-state index contributed by atoms with van der Waals surface area (Å²) in [5, 5.41) is 0. The minimum atomic E-state index is -4.72. The Morgan fingerprint density at radius 1 is 1.06 bits per heavy atom. The Bertz CT molecular complexity index is 1020. The van der Waals surface area contributed by atoms with Crippen LogP contribution in [0.3, 0.4) is 0 Å². The van der Waals surface area contributed by atoms with Crippen LogP contribution in [0.15, 0.2) is 48.5 Å². The summed E-state index contributed by atoms with van der Waals surface area (Å²) in [6.45, 7) is 2.72. The number of carbonyl (C=O) groups is 1. The van der Waals surface area contributed by atoms with Gasteiger partial charge in [-0.25, -0.2) is 8.42 Å². The highest BCUT2D eigenvalue weighted by molar-refractivity contribution is 7.92. The molecule has 2 aromatic rings. The van der Waals surface area contributed by atoms with E-state index in [1.165, 1.54) is 18.2 Å². The van der Waals surface area contributed by atoms with Crippen LogP contribution in [0.2, 0.25) is 0 Å². The quantitative estimate of drug-likeness (QED) is 0.722. The number of hydrogen-bond donors (Lipinski definition) is 1. The fourth-order valence-electron chi connectivity index (χ4n) is 3.28. The molecule has 31 heavy (non-hydrogen) atoms. The SMILES string of the molecule is CS(=O)(=O)Nc1cccc(C(=O)N2CCN(Cc3ccc(OC(F)(F)F)cc3)CC2)c1. The minimum absolute atomic E-state index is 0.189. The normalized spacial score (nSPS) is 15.5. The molecule has 1 aliphatic rings. The van der Waals surface area contributed by atoms with Crippen LogP contribution in [0.25, 0.3) is 0 Å². The number of nitrogens with one attached hydrogen (secondary N) is 1. The molecule has 0 atom stereocenters. The van der Waals surface area contributed by atoms with Crippen molar-refractivity contribution in [2.24, 2.45) is 0 Å². The molecule has 0 spiro atoms. The molecule has 3 rings (SSSR count). The lowest BCUT2D eigenvalue weighted by Gasteiger charge is -2.34. The molecule has 0 saturated carbocycles. The first-order valence-corrected chi connectivity index (χ1v) is 11.3. The Morgan fingerprint density at radius 2 is 1.71 bits per heavy atom. The van der Waals surface area contributed by atoms with Crippen molar-refractivity contribution < 1.29 is 31.1 Å². The standard InChI is InChI=1S/C20H22F3N3O4S/c1-31(28,29)24-17-4-2-3-16(13-17)19(27)26-11-9-25(10-12-26)14-15-5-7-18(8-6-15)30-20(21,22)23/h2-8,13,24H,9-12,14H2,1H3. The molecule has 1 aliphatic heterocycles. The molecule has 11 heteroatoms. The van der Waals surface area contributed by atoms with Crippen molar-refractivity contribution in [2.45, 2.75) is 12.9 Å². The van der Waals surface area contributed by atoms with Crippen LogP contribution in [0.1, 0.15) is 15.9 Å². The summed E-state index contributed by atoms with van der Waals surface area (Å²) in [5.74, 6) is -0.454. The van der Waals surface area contributed by atoms with Crippen LogP contribution in [0, 0.1) is 0 Å². The smallest absolute Gasteiger partial charge is 0.406 e. The van der Waals surface area contributed by atoms with Crippen LogP contribution in [-0.4, -0.2) is 62.9 Å². The van der Waals surface area contributed by atoms with Gasteiger partial charge in [0.25, 0.3) is 5.91 Å². The van der Waals surface area contributed by atoms with E-state index in [-0.39, 0.29) is 11.7 Å². The Balaban J connectivity index is 1.53. The molecule has 0 aromatic heterocycles. The van der Waals surface area contributed by atoms with Gasteiger partial charge in [0.05, 0.1) is 6.26 Å². The number of carbonyl (C=O) groups excluding carboxylic acids is 1. The maximum Gasteiger partial charge on any atom is 0.573 e. The van der Waals surface area contributed by atoms with Gasteiger partial charge in [-0.2, -0.15) is 0 Å². The zero-order valence-corrected chi connectivity index (χ0v) is 17.5. The predicted molar refractivity (Wildman–Crippen MR) is 109 cm³/mol. The van der Waals surface area contributed by atoms with Gasteiger partial charge in [-0.05, 0) is 35.9 Å². The summed E-state index contributed by atoms with van der Waals surface area (Å²) in [6, 6.07) is 12.0. The number of nitrogens with zero attached hydrogens (tertiary/aromatic N) is 2. The monoisotopic (exact) mass is 457 g/mol. The van der Waals surface area contributed by atoms with E-state index in [4.69, 9.17) is 0 Å². The van der Waals surface area contributed by atoms with Gasteiger partial charge >= 0.3 is 6.36 Å². The molecule has 1 N–H and O–H groups in total. The Morgan fingerprint density at radius 3 is 2.29 bits per heavy atom. The van der Waals surface area contributed by atoms with Crippen molar-refractivity contribution in [3.05, 3.63) is 59.7 Å². The fraction of sp³-hybridized carbons (Fsp3) is 0.350. The molecule has 1 heterocycles. The van der Waals surface area contributed by atoms with Crippen molar-refractivity contribution in [3.8, 4) is 5.75 Å². The summed E-state index contributed by atoms with van der Waals surface area (Å²) < 4.78 is 65.7. The van der Waals surface area contributed by atoms with E-state index in [0.717, 1.165) is 11.8 Å². The number of alkyl halides is 3. The number of ether oxygens (including phenoxy) is 1. The van der Waals surface area contributed by atoms with Crippen LogP contribution in [0.5, 0.6) is 5.75 Å². The van der Waals surface area contributed by atoms with E-state index < -0.39 is 16.4 Å². The van der Waals surface area contributed by atoms with Gasteiger partial charge in [0.2, 0.25) is 10.0 Å². The van der Waals surface area contributed by atoms with E-state index in [2.05, 4.69) is 14.4 Å². The number of rotatable bonds is 6. The van der Waals surface area contributed by atoms with Gasteiger partial charge in [-0.15, -0.1) is 13.2 Å². The predicted octanol–water partition coefficient (Wildman–Crippen LogP) is 2.91. The van der Waals surface area contributed by atoms with Gasteiger partial charge in [-0.1, -0.05) is 18.2 Å². The molecule has 7 nitrogen and oxygen atoms in total. The molecular weight excluding hydrogens is 435 g/mol. The van der Waals surface area contributed by atoms with E-state index >= 15 is 0 Å². The average Bonchev–Trinajstić information content (AvgIpc) is 2.67. The molecule has 2 aromatic carbocycles. The van der Waals surface area contributed by atoms with Gasteiger partial charge < -0.3 is 9.64 Å². The lowest BCUT2D eigenvalue weighted by molar-refractivity contribution is -0.274. The van der Waals surface area contributed by atoms with Gasteiger partial charge in [-0.3, -0.25) is 14.4 Å². The number of halogens is 3. The van der Waals surface area contributed by atoms with Crippen molar-refractivity contribution in [2.75, 3.05) is 37.2 Å². The number of amides is 1. The van der Waals surface area contributed by atoms with Crippen molar-refractivity contribution >= 4 is 21.6 Å². The topological polar surface area (TPSA) is 79.0 Å². The lowest BCUT2D eigenvalue weighted by atomic mass is 10.1. The van der Waals surface area contributed by atoms with Crippen LogP contribution in [0.4, 0.5) is 18.9 Å². The van der Waals surface area contributed by atoms with Crippen molar-refractivity contribution in [1.29, 1.82) is 0 Å². The highest BCUT2D eigenvalue weighted by Gasteiger charge is 2.31. The molecule has 168 valence electrons. The molecule has 1 amide bonds. The summed E-state index contributed by atoms with van der Waals surface area (Å²) in [5.41, 5.74) is 1.56. The molecule has 0 aliphatic carbocycles. The fourth-order valence-corrected chi connectivity index (χ4v) is 3.83. The third-order valence-electron chi connectivity index (χ3n) is 4.64. The second-order valence-electron chi connectivity index (χ2n) is 7.22. The molecule has 1 fully saturated rings. The number of sulfonamides is 1. The second-order valence-corrected chi connectivity index (χ2v) is 8.96. The minimum Gasteiger partial charge on any atom is -0.406 e. The Labute approximate surface area is 178 Å². The van der Waals surface area contributed by atoms with Crippen molar-refractivity contribution in [1.82, 2.24) is 9.80 Å². The highest BCUT2D eigenvalue weighted by Crippen LogP contribution is 2.23. The third kappa shape index (κ3) is 7.14. The zero-order chi connectivity index (χ0) is 22.6. The van der Waals surface area contributed by atoms with Crippen LogP contribution < -0.4 is 9.46 Å². The van der Waals surface area contributed by atoms with Crippen molar-refractivity contribution in [3.63, 3.8) is 0 Å². The largest absolute Gasteiger partial charge is 0.573 e. The Kier molecular flexibility index (Phi) is 6.75. The average molecular weight is 457 g/mol. The summed E-state index contributed by atoms with van der Waals surface area (Å²) in [7, 11) is -3.44. The van der Waals surface area contributed by atoms with E-state index in [1.54, 1.807) is 35.2 Å². The number of piperazine rings is 1. The van der Waals surface area contributed by atoms with E-state index in [9.17, 15) is 26.4 Å². The lowest BCUT2D eigenvalue weighted by Crippen LogP contribution is -2.48. The first kappa shape index (κ1) is 22.9. The summed E-state index contributed by atoms with van der Waals surface area (Å²) in [4.78, 5) is 16.6. The number of benzene rings is 2. The maximum atomic E-state index is 12.8. The molecule has 0 radical (unpaired) electrons. The number of anilines is 1. The van der Waals surface area contributed by atoms with Gasteiger partial charge in [0.15, 0.2) is 0 Å². The third-order valence-corrected chi connectivity index (χ3v) is 5.24. The second kappa shape index (κ2) is 9.15. The number of hydrogen-bond acceptors (Lipinski definition) is 5. The summed E-state index contributed by atoms with van der Waals surface area (Å²) in [6.07, 6.45) is -3.68. The zero-order valence-electron chi connectivity index (χ0n) is 16.7. The molecular formula is C20H22F3N3O4S. The molecule has 1 saturated heterocycles. The van der Waals surface area contributed by atoms with E-state index in [1.807, 2.05) is 0 Å². The van der Waals surface area contributed by atoms with Gasteiger partial charge in [0, 0.05) is 44.0 Å². The molecule has 0 unspecified atom stereocenters. The van der Waals surface area contributed by atoms with E-state index in [0.29, 0.717) is 44.0 Å².